The van der Waals surface area contributed by atoms with E-state index in [1.807, 2.05) is 55.1 Å². The standard InChI is InChI=1S/C18H21N5O3S2/c1-11-10-27-17(19-11)20-16(24)12(2)28-18-22-21-15(23(18)3)9-26-14-7-5-13(25-4)6-8-14/h5-8,10,12H,9H2,1-4H3,(H,19,20,24). The highest BCUT2D eigenvalue weighted by molar-refractivity contribution is 8.00. The van der Waals surface area contributed by atoms with Gasteiger partial charge in [-0.3, -0.25) is 4.79 Å². The fourth-order valence-electron chi connectivity index (χ4n) is 2.22. The maximum Gasteiger partial charge on any atom is 0.239 e. The molecule has 0 aliphatic rings. The lowest BCUT2D eigenvalue weighted by molar-refractivity contribution is -0.115. The number of thioether (sulfide) groups is 1. The first-order valence-corrected chi connectivity index (χ1v) is 10.3. The van der Waals surface area contributed by atoms with Gasteiger partial charge in [0, 0.05) is 12.4 Å². The number of hydrogen-bond donors (Lipinski definition) is 1. The molecular formula is C18H21N5O3S2. The zero-order chi connectivity index (χ0) is 20.1. The number of methoxy groups -OCH3 is 1. The fraction of sp³-hybridized carbons (Fsp3) is 0.333. The Morgan fingerprint density at radius 2 is 2.00 bits per heavy atom. The number of carbonyl (C=O) groups is 1. The molecule has 8 nitrogen and oxygen atoms in total. The summed E-state index contributed by atoms with van der Waals surface area (Å²) in [6.07, 6.45) is 0. The van der Waals surface area contributed by atoms with Gasteiger partial charge in [-0.15, -0.1) is 21.5 Å². The van der Waals surface area contributed by atoms with Crippen molar-refractivity contribution in [3.05, 3.63) is 41.2 Å². The molecule has 1 aromatic carbocycles. The minimum Gasteiger partial charge on any atom is -0.497 e. The lowest BCUT2D eigenvalue weighted by atomic mass is 10.3. The molecule has 1 unspecified atom stereocenters. The van der Waals surface area contributed by atoms with Crippen molar-refractivity contribution in [1.29, 1.82) is 0 Å². The van der Waals surface area contributed by atoms with Crippen molar-refractivity contribution in [2.45, 2.75) is 30.9 Å². The molecule has 0 saturated carbocycles. The molecule has 2 heterocycles. The number of amides is 1. The van der Waals surface area contributed by atoms with Crippen LogP contribution in [-0.4, -0.2) is 38.0 Å². The topological polar surface area (TPSA) is 91.2 Å². The normalized spacial score (nSPS) is 11.9. The minimum atomic E-state index is -0.345. The smallest absolute Gasteiger partial charge is 0.239 e. The van der Waals surface area contributed by atoms with Gasteiger partial charge >= 0.3 is 0 Å². The maximum absolute atomic E-state index is 12.3. The molecule has 3 rings (SSSR count). The maximum atomic E-state index is 12.3. The summed E-state index contributed by atoms with van der Waals surface area (Å²) in [6, 6.07) is 7.32. The SMILES string of the molecule is COc1ccc(OCc2nnc(SC(C)C(=O)Nc3nc(C)cs3)n2C)cc1. The number of rotatable bonds is 8. The summed E-state index contributed by atoms with van der Waals surface area (Å²) in [5.41, 5.74) is 0.885. The Hall–Kier alpha value is -2.59. The number of nitrogens with zero attached hydrogens (tertiary/aromatic N) is 4. The zero-order valence-electron chi connectivity index (χ0n) is 16.0. The number of anilines is 1. The fourth-order valence-corrected chi connectivity index (χ4v) is 3.75. The molecule has 0 saturated heterocycles. The molecule has 1 N–H and O–H groups in total. The number of carbonyl (C=O) groups excluding carboxylic acids is 1. The molecule has 10 heteroatoms. The van der Waals surface area contributed by atoms with E-state index in [1.54, 1.807) is 7.11 Å². The van der Waals surface area contributed by atoms with Gasteiger partial charge in [0.2, 0.25) is 5.91 Å². The molecule has 0 fully saturated rings. The predicted molar refractivity (Wildman–Crippen MR) is 109 cm³/mol. The average Bonchev–Trinajstić information content (AvgIpc) is 3.26. The molecular weight excluding hydrogens is 398 g/mol. The quantitative estimate of drug-likeness (QED) is 0.560. The second kappa shape index (κ2) is 9.07. The number of aryl methyl sites for hydroxylation is 1. The number of aromatic nitrogens is 4. The van der Waals surface area contributed by atoms with Gasteiger partial charge in [-0.1, -0.05) is 11.8 Å². The molecule has 0 aliphatic heterocycles. The highest BCUT2D eigenvalue weighted by atomic mass is 32.2. The molecule has 1 amide bonds. The van der Waals surface area contributed by atoms with Crippen molar-refractivity contribution < 1.29 is 14.3 Å². The minimum absolute atomic E-state index is 0.126. The second-order valence-electron chi connectivity index (χ2n) is 5.97. The van der Waals surface area contributed by atoms with Crippen LogP contribution in [0.3, 0.4) is 0 Å². The molecule has 0 aliphatic carbocycles. The van der Waals surface area contributed by atoms with Crippen LogP contribution in [0.2, 0.25) is 0 Å². The number of benzene rings is 1. The number of hydrogen-bond acceptors (Lipinski definition) is 8. The Balaban J connectivity index is 1.56. The highest BCUT2D eigenvalue weighted by Crippen LogP contribution is 2.24. The first-order chi connectivity index (χ1) is 13.5. The number of nitrogens with one attached hydrogen (secondary N) is 1. The molecule has 0 radical (unpaired) electrons. The predicted octanol–water partition coefficient (Wildman–Crippen LogP) is 3.29. The van der Waals surface area contributed by atoms with Gasteiger partial charge in [-0.05, 0) is 38.1 Å². The van der Waals surface area contributed by atoms with E-state index in [1.165, 1.54) is 23.1 Å². The summed E-state index contributed by atoms with van der Waals surface area (Å²) in [5, 5.41) is 13.9. The summed E-state index contributed by atoms with van der Waals surface area (Å²) < 4.78 is 12.7. The van der Waals surface area contributed by atoms with Crippen LogP contribution in [0.1, 0.15) is 18.4 Å². The lowest BCUT2D eigenvalue weighted by Gasteiger charge is -2.10. The van der Waals surface area contributed by atoms with Crippen molar-refractivity contribution in [2.24, 2.45) is 7.05 Å². The summed E-state index contributed by atoms with van der Waals surface area (Å²) in [6.45, 7) is 3.98. The molecule has 1 atom stereocenters. The zero-order valence-corrected chi connectivity index (χ0v) is 17.6. The molecule has 0 bridgehead atoms. The van der Waals surface area contributed by atoms with E-state index >= 15 is 0 Å². The van der Waals surface area contributed by atoms with Crippen molar-refractivity contribution in [3.8, 4) is 11.5 Å². The van der Waals surface area contributed by atoms with Crippen molar-refractivity contribution in [2.75, 3.05) is 12.4 Å². The number of thiazole rings is 1. The van der Waals surface area contributed by atoms with Gasteiger partial charge < -0.3 is 19.4 Å². The van der Waals surface area contributed by atoms with Crippen LogP contribution in [0.15, 0.2) is 34.8 Å². The van der Waals surface area contributed by atoms with Crippen LogP contribution in [0, 0.1) is 6.92 Å². The Labute approximate surface area is 171 Å². The first kappa shape index (κ1) is 20.2. The molecule has 0 spiro atoms. The Morgan fingerprint density at radius 3 is 2.64 bits per heavy atom. The van der Waals surface area contributed by atoms with Crippen molar-refractivity contribution >= 4 is 34.1 Å². The first-order valence-electron chi connectivity index (χ1n) is 8.51. The van der Waals surface area contributed by atoms with E-state index in [0.717, 1.165) is 11.4 Å². The lowest BCUT2D eigenvalue weighted by Crippen LogP contribution is -2.22. The summed E-state index contributed by atoms with van der Waals surface area (Å²) >= 11 is 2.74. The van der Waals surface area contributed by atoms with Gasteiger partial charge in [-0.25, -0.2) is 4.98 Å². The van der Waals surface area contributed by atoms with Crippen LogP contribution in [0.4, 0.5) is 5.13 Å². The van der Waals surface area contributed by atoms with Crippen LogP contribution >= 0.6 is 23.1 Å². The van der Waals surface area contributed by atoms with E-state index in [4.69, 9.17) is 9.47 Å². The van der Waals surface area contributed by atoms with Gasteiger partial charge in [0.1, 0.15) is 18.1 Å². The van der Waals surface area contributed by atoms with Crippen LogP contribution in [-0.2, 0) is 18.4 Å². The van der Waals surface area contributed by atoms with E-state index in [0.29, 0.717) is 21.9 Å². The van der Waals surface area contributed by atoms with E-state index in [9.17, 15) is 4.79 Å². The third-order valence-electron chi connectivity index (χ3n) is 3.85. The second-order valence-corrected chi connectivity index (χ2v) is 8.13. The third-order valence-corrected chi connectivity index (χ3v) is 5.86. The van der Waals surface area contributed by atoms with Crippen molar-refractivity contribution in [3.63, 3.8) is 0 Å². The summed E-state index contributed by atoms with van der Waals surface area (Å²) in [4.78, 5) is 16.6. The third kappa shape index (κ3) is 5.02. The van der Waals surface area contributed by atoms with Crippen LogP contribution in [0.25, 0.3) is 0 Å². The molecule has 28 heavy (non-hydrogen) atoms. The number of ether oxygens (including phenoxy) is 2. The van der Waals surface area contributed by atoms with Gasteiger partial charge in [0.15, 0.2) is 16.1 Å². The Morgan fingerprint density at radius 1 is 1.29 bits per heavy atom. The van der Waals surface area contributed by atoms with E-state index in [2.05, 4.69) is 20.5 Å². The Bertz CT molecular complexity index is 939. The monoisotopic (exact) mass is 419 g/mol. The van der Waals surface area contributed by atoms with E-state index in [-0.39, 0.29) is 17.8 Å². The van der Waals surface area contributed by atoms with Crippen LogP contribution < -0.4 is 14.8 Å². The summed E-state index contributed by atoms with van der Waals surface area (Å²) in [5.74, 6) is 2.02. The Kier molecular flexibility index (Phi) is 6.53. The molecule has 2 aromatic heterocycles. The highest BCUT2D eigenvalue weighted by Gasteiger charge is 2.20. The molecule has 3 aromatic rings. The largest absolute Gasteiger partial charge is 0.497 e. The van der Waals surface area contributed by atoms with Crippen LogP contribution in [0.5, 0.6) is 11.5 Å². The summed E-state index contributed by atoms with van der Waals surface area (Å²) in [7, 11) is 3.47. The van der Waals surface area contributed by atoms with E-state index < -0.39 is 0 Å². The molecule has 148 valence electrons. The van der Waals surface area contributed by atoms with Crippen molar-refractivity contribution in [1.82, 2.24) is 19.7 Å². The van der Waals surface area contributed by atoms with Gasteiger partial charge in [0.05, 0.1) is 18.1 Å². The average molecular weight is 420 g/mol. The van der Waals surface area contributed by atoms with Gasteiger partial charge in [-0.2, -0.15) is 0 Å². The van der Waals surface area contributed by atoms with Gasteiger partial charge in [0.25, 0.3) is 0 Å².